The molecule has 4 rings (SSSR count). The number of aromatic nitrogens is 2. The van der Waals surface area contributed by atoms with Gasteiger partial charge in [-0.25, -0.2) is 4.98 Å². The Morgan fingerprint density at radius 3 is 2.26 bits per heavy atom. The average Bonchev–Trinajstić information content (AvgIpc) is 3.63. The van der Waals surface area contributed by atoms with Gasteiger partial charge in [-0.1, -0.05) is 102 Å². The Labute approximate surface area is 297 Å². The minimum absolute atomic E-state index is 0.163. The van der Waals surface area contributed by atoms with Crippen molar-refractivity contribution in [1.29, 1.82) is 0 Å². The van der Waals surface area contributed by atoms with Crippen molar-refractivity contribution in [3.8, 4) is 0 Å². The second kappa shape index (κ2) is 19.7. The van der Waals surface area contributed by atoms with Crippen molar-refractivity contribution >= 4 is 29.5 Å². The number of aliphatic hydroxyl groups excluding tert-OH is 1. The smallest absolute Gasteiger partial charge is 0.244 e. The van der Waals surface area contributed by atoms with Crippen molar-refractivity contribution in [3.05, 3.63) is 90.0 Å². The largest absolute Gasteiger partial charge is 0.399 e. The molecule has 0 aliphatic heterocycles. The van der Waals surface area contributed by atoms with Crippen molar-refractivity contribution in [1.82, 2.24) is 25.9 Å². The fraction of sp³-hybridized carbons (Fsp3) is 0.500. The van der Waals surface area contributed by atoms with Crippen molar-refractivity contribution in [2.75, 3.05) is 5.73 Å². The zero-order valence-corrected chi connectivity index (χ0v) is 29.8. The number of nitrogens with zero attached hydrogens (tertiary/aromatic N) is 1. The van der Waals surface area contributed by atoms with Crippen molar-refractivity contribution in [2.24, 2.45) is 17.8 Å². The van der Waals surface area contributed by atoms with Gasteiger partial charge in [-0.3, -0.25) is 14.4 Å². The summed E-state index contributed by atoms with van der Waals surface area (Å²) in [7, 11) is 0. The maximum Gasteiger partial charge on any atom is 0.244 e. The summed E-state index contributed by atoms with van der Waals surface area (Å²) in [6.07, 6.45) is 13.8. The number of rotatable bonds is 18. The Morgan fingerprint density at radius 2 is 1.62 bits per heavy atom. The van der Waals surface area contributed by atoms with Crippen LogP contribution in [0.2, 0.25) is 0 Å². The van der Waals surface area contributed by atoms with Crippen LogP contribution in [-0.4, -0.2) is 57.0 Å². The lowest BCUT2D eigenvalue weighted by molar-refractivity contribution is -0.132. The van der Waals surface area contributed by atoms with Gasteiger partial charge < -0.3 is 31.8 Å². The average molecular weight is 685 g/mol. The van der Waals surface area contributed by atoms with Gasteiger partial charge in [0.15, 0.2) is 0 Å². The van der Waals surface area contributed by atoms with E-state index in [-0.39, 0.29) is 18.7 Å². The monoisotopic (exact) mass is 684 g/mol. The van der Waals surface area contributed by atoms with Gasteiger partial charge in [0.05, 0.1) is 18.5 Å². The summed E-state index contributed by atoms with van der Waals surface area (Å²) in [6, 6.07) is 14.1. The predicted octanol–water partition coefficient (Wildman–Crippen LogP) is 5.35. The molecule has 10 heteroatoms. The molecule has 3 amide bonds. The molecule has 10 nitrogen and oxygen atoms in total. The maximum absolute atomic E-state index is 14.2. The highest BCUT2D eigenvalue weighted by atomic mass is 16.3. The van der Waals surface area contributed by atoms with E-state index in [4.69, 9.17) is 5.73 Å². The number of nitrogens with one attached hydrogen (secondary N) is 4. The summed E-state index contributed by atoms with van der Waals surface area (Å²) in [5.41, 5.74) is 8.73. The molecule has 50 heavy (non-hydrogen) atoms. The number of carbonyl (C=O) groups excluding carboxylic acids is 3. The van der Waals surface area contributed by atoms with Gasteiger partial charge >= 0.3 is 0 Å². The Morgan fingerprint density at radius 1 is 0.940 bits per heavy atom. The quantitative estimate of drug-likeness (QED) is 0.0782. The second-order valence-electron chi connectivity index (χ2n) is 14.2. The van der Waals surface area contributed by atoms with Crippen LogP contribution < -0.4 is 21.7 Å². The molecule has 1 fully saturated rings. The highest BCUT2D eigenvalue weighted by Crippen LogP contribution is 2.30. The fourth-order valence-corrected chi connectivity index (χ4v) is 6.92. The second-order valence-corrected chi connectivity index (χ2v) is 14.2. The molecule has 1 heterocycles. The van der Waals surface area contributed by atoms with E-state index in [9.17, 15) is 19.5 Å². The van der Waals surface area contributed by atoms with Crippen LogP contribution in [0.25, 0.3) is 6.08 Å². The van der Waals surface area contributed by atoms with E-state index in [1.807, 2.05) is 30.3 Å². The Bertz CT molecular complexity index is 1490. The van der Waals surface area contributed by atoms with Gasteiger partial charge in [-0.05, 0) is 59.9 Å². The molecule has 1 aromatic heterocycles. The third-order valence-electron chi connectivity index (χ3n) is 10.0. The first-order valence-corrected chi connectivity index (χ1v) is 18.2. The number of nitrogens with two attached hydrogens (primary N) is 1. The van der Waals surface area contributed by atoms with Crippen LogP contribution in [0.5, 0.6) is 0 Å². The van der Waals surface area contributed by atoms with Gasteiger partial charge in [-0.15, -0.1) is 0 Å². The van der Waals surface area contributed by atoms with Crippen LogP contribution >= 0.6 is 0 Å². The van der Waals surface area contributed by atoms with E-state index in [0.717, 1.165) is 43.2 Å². The van der Waals surface area contributed by atoms with E-state index in [1.54, 1.807) is 36.5 Å². The molecule has 0 bridgehead atoms. The van der Waals surface area contributed by atoms with E-state index in [1.165, 1.54) is 18.8 Å². The molecule has 1 aliphatic carbocycles. The number of carbonyl (C=O) groups is 3. The first-order chi connectivity index (χ1) is 24.1. The first-order valence-electron chi connectivity index (χ1n) is 18.2. The topological polar surface area (TPSA) is 162 Å². The fourth-order valence-electron chi connectivity index (χ4n) is 6.92. The zero-order valence-electron chi connectivity index (χ0n) is 29.8. The maximum atomic E-state index is 14.2. The molecule has 1 saturated carbocycles. The number of H-pyrrole nitrogens is 1. The first kappa shape index (κ1) is 38.4. The number of aromatic amines is 1. The summed E-state index contributed by atoms with van der Waals surface area (Å²) >= 11 is 0. The van der Waals surface area contributed by atoms with Crippen LogP contribution in [0.4, 0.5) is 5.69 Å². The normalized spacial score (nSPS) is 16.7. The summed E-state index contributed by atoms with van der Waals surface area (Å²) in [5.74, 6) is -0.149. The number of anilines is 1. The Hall–Kier alpha value is -4.44. The molecule has 3 aromatic rings. The van der Waals surface area contributed by atoms with E-state index >= 15 is 0 Å². The highest BCUT2D eigenvalue weighted by molar-refractivity contribution is 5.97. The lowest BCUT2D eigenvalue weighted by Gasteiger charge is -2.33. The molecule has 2 aromatic carbocycles. The van der Waals surface area contributed by atoms with Crippen LogP contribution in [0.15, 0.2) is 73.2 Å². The minimum atomic E-state index is -0.975. The number of hydrogen-bond acceptors (Lipinski definition) is 6. The van der Waals surface area contributed by atoms with Crippen LogP contribution in [0.3, 0.4) is 0 Å². The molecular formula is C40H56N6O4. The third kappa shape index (κ3) is 12.5. The number of aliphatic hydroxyl groups is 1. The van der Waals surface area contributed by atoms with Crippen molar-refractivity contribution < 1.29 is 19.5 Å². The molecule has 7 N–H and O–H groups in total. The zero-order chi connectivity index (χ0) is 35.9. The number of hydrogen-bond donors (Lipinski definition) is 6. The molecule has 0 unspecified atom stereocenters. The van der Waals surface area contributed by atoms with Crippen LogP contribution in [0.1, 0.15) is 89.0 Å². The lowest BCUT2D eigenvalue weighted by Crippen LogP contribution is -2.57. The standard InChI is InChI=1S/C40H56N6O4/c1-4-31(27(2)3)23-37(47)34(21-29-11-7-5-8-12-29)45-40(50)36(24-33-25-42-26-43-33)46-39(49)35(22-30-13-9-6-10-14-30)44-38(48)20-17-28-15-18-32(41)19-16-28/h6,9-10,13-20,25-27,29,31,34-37,47H,4-5,7-8,11-12,21-24,41H2,1-3H3,(H,42,43)(H,44,48)(H,45,50)(H,46,49)/t31-,34-,35-,36-,37-/m0/s1. The summed E-state index contributed by atoms with van der Waals surface area (Å²) < 4.78 is 0. The molecule has 5 atom stereocenters. The predicted molar refractivity (Wildman–Crippen MR) is 199 cm³/mol. The summed E-state index contributed by atoms with van der Waals surface area (Å²) in [6.45, 7) is 6.48. The minimum Gasteiger partial charge on any atom is -0.399 e. The van der Waals surface area contributed by atoms with E-state index < -0.39 is 36.0 Å². The molecule has 0 saturated heterocycles. The third-order valence-corrected chi connectivity index (χ3v) is 10.0. The Balaban J connectivity index is 1.54. The van der Waals surface area contributed by atoms with Crippen LogP contribution in [-0.2, 0) is 27.2 Å². The molecule has 0 spiro atoms. The molecule has 270 valence electrons. The van der Waals surface area contributed by atoms with Gasteiger partial charge in [0.1, 0.15) is 12.1 Å². The van der Waals surface area contributed by atoms with E-state index in [0.29, 0.717) is 42.0 Å². The number of nitrogen functional groups attached to an aromatic ring is 1. The van der Waals surface area contributed by atoms with Crippen LogP contribution in [0, 0.1) is 17.8 Å². The SMILES string of the molecule is CC[C@@H](C[C@H](O)[C@H](CC1CCCCC1)NC(=O)[C@H](Cc1cnc[nH]1)NC(=O)[C@H](Cc1ccccc1)NC(=O)C=Cc1ccc(N)cc1)C(C)C. The summed E-state index contributed by atoms with van der Waals surface area (Å²) in [5, 5.41) is 20.5. The number of amides is 3. The van der Waals surface area contributed by atoms with Gasteiger partial charge in [0.25, 0.3) is 0 Å². The molecule has 1 aliphatic rings. The number of imidazole rings is 1. The van der Waals surface area contributed by atoms with Crippen molar-refractivity contribution in [3.63, 3.8) is 0 Å². The lowest BCUT2D eigenvalue weighted by atomic mass is 9.80. The molecule has 0 radical (unpaired) electrons. The highest BCUT2D eigenvalue weighted by Gasteiger charge is 2.33. The molecular weight excluding hydrogens is 628 g/mol. The Kier molecular flexibility index (Phi) is 15.1. The summed E-state index contributed by atoms with van der Waals surface area (Å²) in [4.78, 5) is 48.4. The van der Waals surface area contributed by atoms with Gasteiger partial charge in [0.2, 0.25) is 17.7 Å². The van der Waals surface area contributed by atoms with E-state index in [2.05, 4.69) is 46.7 Å². The van der Waals surface area contributed by atoms with Gasteiger partial charge in [0, 0.05) is 36.5 Å². The number of benzene rings is 2. The van der Waals surface area contributed by atoms with Crippen molar-refractivity contribution in [2.45, 2.75) is 109 Å². The van der Waals surface area contributed by atoms with Gasteiger partial charge in [-0.2, -0.15) is 0 Å².